The average molecular weight is 460 g/mol. The average Bonchev–Trinajstić information content (AvgIpc) is 2.75. The first-order valence-corrected chi connectivity index (χ1v) is 10.7. The highest BCUT2D eigenvalue weighted by atomic mass is 16.6. The Labute approximate surface area is 194 Å². The van der Waals surface area contributed by atoms with Crippen molar-refractivity contribution < 1.29 is 33.6 Å². The van der Waals surface area contributed by atoms with Crippen LogP contribution in [0.4, 0.5) is 4.79 Å². The summed E-state index contributed by atoms with van der Waals surface area (Å²) in [5, 5.41) is 11.9. The Morgan fingerprint density at radius 3 is 2.03 bits per heavy atom. The number of alkyl carbamates (subject to hydrolysis) is 1. The zero-order valence-electron chi connectivity index (χ0n) is 20.1. The van der Waals surface area contributed by atoms with Crippen molar-refractivity contribution in [2.75, 3.05) is 20.8 Å². The molecular formula is C25H33NO7. The molecule has 0 bridgehead atoms. The maximum Gasteiger partial charge on any atom is 0.408 e. The van der Waals surface area contributed by atoms with E-state index in [1.807, 2.05) is 43.3 Å². The summed E-state index contributed by atoms with van der Waals surface area (Å²) in [6, 6.07) is 10.1. The zero-order chi connectivity index (χ0) is 24.6. The smallest absolute Gasteiger partial charge is 0.408 e. The first kappa shape index (κ1) is 26.0. The lowest BCUT2D eigenvalue weighted by atomic mass is 9.98. The fourth-order valence-electron chi connectivity index (χ4n) is 3.25. The predicted molar refractivity (Wildman–Crippen MR) is 125 cm³/mol. The molecule has 2 N–H and O–H groups in total. The van der Waals surface area contributed by atoms with E-state index in [9.17, 15) is 14.7 Å². The van der Waals surface area contributed by atoms with Gasteiger partial charge < -0.3 is 29.4 Å². The van der Waals surface area contributed by atoms with Crippen molar-refractivity contribution in [2.45, 2.75) is 52.4 Å². The Bertz CT molecular complexity index is 923. The maximum atomic E-state index is 12.0. The van der Waals surface area contributed by atoms with E-state index >= 15 is 0 Å². The van der Waals surface area contributed by atoms with Crippen LogP contribution in [-0.4, -0.2) is 49.6 Å². The van der Waals surface area contributed by atoms with E-state index in [1.54, 1.807) is 35.0 Å². The molecule has 8 heteroatoms. The SMILES string of the molecule is CCOCc1cc(OC)c(-c2ccc(C[C@H](NC(=O)OC(C)(C)C)C(=O)O)cc2)c(OC)c1. The van der Waals surface area contributed by atoms with Gasteiger partial charge in [-0.25, -0.2) is 9.59 Å². The van der Waals surface area contributed by atoms with Crippen LogP contribution < -0.4 is 14.8 Å². The van der Waals surface area contributed by atoms with Gasteiger partial charge in [-0.05, 0) is 56.5 Å². The minimum atomic E-state index is -1.14. The number of benzene rings is 2. The summed E-state index contributed by atoms with van der Waals surface area (Å²) in [5.41, 5.74) is 2.60. The predicted octanol–water partition coefficient (Wildman–Crippen LogP) is 4.43. The summed E-state index contributed by atoms with van der Waals surface area (Å²) >= 11 is 0. The number of carbonyl (C=O) groups excluding carboxylic acids is 1. The van der Waals surface area contributed by atoms with Crippen LogP contribution in [0.15, 0.2) is 36.4 Å². The van der Waals surface area contributed by atoms with E-state index in [0.717, 1.165) is 22.3 Å². The molecular weight excluding hydrogens is 426 g/mol. The van der Waals surface area contributed by atoms with Crippen LogP contribution in [0.3, 0.4) is 0 Å². The molecule has 0 unspecified atom stereocenters. The van der Waals surface area contributed by atoms with Gasteiger partial charge in [0.05, 0.1) is 26.4 Å². The molecule has 8 nitrogen and oxygen atoms in total. The molecule has 0 saturated carbocycles. The number of amides is 1. The molecule has 0 saturated heterocycles. The van der Waals surface area contributed by atoms with Crippen LogP contribution in [0.25, 0.3) is 11.1 Å². The molecule has 0 aliphatic rings. The van der Waals surface area contributed by atoms with E-state index in [-0.39, 0.29) is 6.42 Å². The van der Waals surface area contributed by atoms with Gasteiger partial charge in [0, 0.05) is 13.0 Å². The van der Waals surface area contributed by atoms with Crippen molar-refractivity contribution >= 4 is 12.1 Å². The molecule has 0 heterocycles. The van der Waals surface area contributed by atoms with Gasteiger partial charge in [-0.1, -0.05) is 24.3 Å². The van der Waals surface area contributed by atoms with Gasteiger partial charge in [-0.3, -0.25) is 0 Å². The first-order chi connectivity index (χ1) is 15.6. The lowest BCUT2D eigenvalue weighted by Crippen LogP contribution is -2.44. The number of nitrogens with one attached hydrogen (secondary N) is 1. The molecule has 0 spiro atoms. The van der Waals surface area contributed by atoms with Gasteiger partial charge in [0.1, 0.15) is 23.1 Å². The number of rotatable bonds is 10. The molecule has 2 aromatic carbocycles. The first-order valence-electron chi connectivity index (χ1n) is 10.7. The Kier molecular flexibility index (Phi) is 9.11. The number of ether oxygens (including phenoxy) is 4. The minimum absolute atomic E-state index is 0.108. The largest absolute Gasteiger partial charge is 0.496 e. The van der Waals surface area contributed by atoms with E-state index in [1.165, 1.54) is 0 Å². The van der Waals surface area contributed by atoms with Crippen molar-refractivity contribution in [1.82, 2.24) is 5.32 Å². The fraction of sp³-hybridized carbons (Fsp3) is 0.440. The van der Waals surface area contributed by atoms with E-state index in [4.69, 9.17) is 18.9 Å². The molecule has 0 radical (unpaired) electrons. The van der Waals surface area contributed by atoms with Gasteiger partial charge in [0.15, 0.2) is 0 Å². The van der Waals surface area contributed by atoms with Crippen LogP contribution in [-0.2, 0) is 27.3 Å². The van der Waals surface area contributed by atoms with Gasteiger partial charge in [-0.15, -0.1) is 0 Å². The summed E-state index contributed by atoms with van der Waals surface area (Å²) in [5.74, 6) is 0.150. The monoisotopic (exact) mass is 459 g/mol. The second kappa shape index (κ2) is 11.6. The van der Waals surface area contributed by atoms with E-state index in [0.29, 0.717) is 24.7 Å². The minimum Gasteiger partial charge on any atom is -0.496 e. The van der Waals surface area contributed by atoms with Crippen LogP contribution in [0, 0.1) is 0 Å². The summed E-state index contributed by atoms with van der Waals surface area (Å²) in [6.07, 6.45) is -0.663. The Hall–Kier alpha value is -3.26. The Morgan fingerprint density at radius 2 is 1.58 bits per heavy atom. The standard InChI is InChI=1S/C25H33NO7/c1-7-32-15-17-13-20(30-5)22(21(14-17)31-6)18-10-8-16(9-11-18)12-19(23(27)28)26-24(29)33-25(2,3)4/h8-11,13-14,19H,7,12,15H2,1-6H3,(H,26,29)(H,27,28)/t19-/m0/s1. The number of carboxylic acids is 1. The van der Waals surface area contributed by atoms with E-state index < -0.39 is 23.7 Å². The summed E-state index contributed by atoms with van der Waals surface area (Å²) in [7, 11) is 3.19. The summed E-state index contributed by atoms with van der Waals surface area (Å²) in [6.45, 7) is 8.13. The van der Waals surface area contributed by atoms with Gasteiger partial charge >= 0.3 is 12.1 Å². The second-order valence-electron chi connectivity index (χ2n) is 8.45. The topological polar surface area (TPSA) is 103 Å². The summed E-state index contributed by atoms with van der Waals surface area (Å²) < 4.78 is 21.9. The third-order valence-electron chi connectivity index (χ3n) is 4.71. The normalized spacial score (nSPS) is 12.1. The van der Waals surface area contributed by atoms with Crippen LogP contribution in [0.5, 0.6) is 11.5 Å². The van der Waals surface area contributed by atoms with Gasteiger partial charge in [0.2, 0.25) is 0 Å². The van der Waals surface area contributed by atoms with Crippen LogP contribution in [0.2, 0.25) is 0 Å². The highest BCUT2D eigenvalue weighted by molar-refractivity contribution is 5.81. The second-order valence-corrected chi connectivity index (χ2v) is 8.45. The lowest BCUT2D eigenvalue weighted by Gasteiger charge is -2.22. The zero-order valence-corrected chi connectivity index (χ0v) is 20.1. The fourth-order valence-corrected chi connectivity index (χ4v) is 3.25. The third kappa shape index (κ3) is 7.68. The molecule has 1 atom stereocenters. The molecule has 0 aliphatic heterocycles. The number of aliphatic carboxylic acids is 1. The number of methoxy groups -OCH3 is 2. The molecule has 0 aromatic heterocycles. The quantitative estimate of drug-likeness (QED) is 0.542. The number of carbonyl (C=O) groups is 2. The number of carboxylic acid groups (broad SMARTS) is 1. The van der Waals surface area contributed by atoms with Gasteiger partial charge in [0.25, 0.3) is 0 Å². The van der Waals surface area contributed by atoms with Crippen LogP contribution >= 0.6 is 0 Å². The highest BCUT2D eigenvalue weighted by Gasteiger charge is 2.24. The number of hydrogen-bond donors (Lipinski definition) is 2. The summed E-state index contributed by atoms with van der Waals surface area (Å²) in [4.78, 5) is 23.7. The molecule has 180 valence electrons. The van der Waals surface area contributed by atoms with Crippen molar-refractivity contribution in [2.24, 2.45) is 0 Å². The Balaban J connectivity index is 2.25. The molecule has 0 aliphatic carbocycles. The molecule has 2 rings (SSSR count). The van der Waals surface area contributed by atoms with Crippen molar-refractivity contribution in [1.29, 1.82) is 0 Å². The molecule has 0 fully saturated rings. The Morgan fingerprint density at radius 1 is 1.00 bits per heavy atom. The van der Waals surface area contributed by atoms with Crippen LogP contribution in [0.1, 0.15) is 38.8 Å². The molecule has 33 heavy (non-hydrogen) atoms. The highest BCUT2D eigenvalue weighted by Crippen LogP contribution is 2.40. The van der Waals surface area contributed by atoms with Crippen molar-refractivity contribution in [3.8, 4) is 22.6 Å². The molecule has 2 aromatic rings. The molecule has 1 amide bonds. The number of hydrogen-bond acceptors (Lipinski definition) is 6. The maximum absolute atomic E-state index is 12.0. The van der Waals surface area contributed by atoms with Crippen molar-refractivity contribution in [3.05, 3.63) is 47.5 Å². The van der Waals surface area contributed by atoms with E-state index in [2.05, 4.69) is 5.32 Å². The third-order valence-corrected chi connectivity index (χ3v) is 4.71. The van der Waals surface area contributed by atoms with Gasteiger partial charge in [-0.2, -0.15) is 0 Å². The van der Waals surface area contributed by atoms with Crippen molar-refractivity contribution in [3.63, 3.8) is 0 Å². The lowest BCUT2D eigenvalue weighted by molar-refractivity contribution is -0.139.